The number of fused-ring (bicyclic) bond motifs is 1. The first-order chi connectivity index (χ1) is 16.0. The molecule has 1 aliphatic heterocycles. The molecule has 0 radical (unpaired) electrons. The highest BCUT2D eigenvalue weighted by molar-refractivity contribution is 5.91. The van der Waals surface area contributed by atoms with E-state index in [9.17, 15) is 19.5 Å². The number of nitrogens with zero attached hydrogens (tertiary/aromatic N) is 1. The highest BCUT2D eigenvalue weighted by Crippen LogP contribution is 2.19. The molecule has 1 aromatic carbocycles. The molecule has 1 saturated heterocycles. The molecule has 0 spiro atoms. The van der Waals surface area contributed by atoms with Gasteiger partial charge in [-0.15, -0.1) is 0 Å². The fraction of sp³-hybridized carbons (Fsp3) is 0.522. The highest BCUT2D eigenvalue weighted by Gasteiger charge is 2.27. The van der Waals surface area contributed by atoms with E-state index in [2.05, 4.69) is 20.9 Å². The molecule has 0 saturated carbocycles. The van der Waals surface area contributed by atoms with E-state index in [1.807, 2.05) is 29.2 Å². The van der Waals surface area contributed by atoms with Crippen LogP contribution in [0.1, 0.15) is 24.8 Å². The van der Waals surface area contributed by atoms with Gasteiger partial charge < -0.3 is 31.8 Å². The van der Waals surface area contributed by atoms with E-state index >= 15 is 0 Å². The first-order valence-corrected chi connectivity index (χ1v) is 11.5. The van der Waals surface area contributed by atoms with Crippen molar-refractivity contribution in [3.8, 4) is 0 Å². The second-order valence-corrected chi connectivity index (χ2v) is 8.39. The van der Waals surface area contributed by atoms with Crippen LogP contribution < -0.4 is 21.7 Å². The van der Waals surface area contributed by atoms with E-state index in [0.29, 0.717) is 19.4 Å². The first kappa shape index (κ1) is 24.7. The Kier molecular flexibility index (Phi) is 9.23. The highest BCUT2D eigenvalue weighted by atomic mass is 16.4. The van der Waals surface area contributed by atoms with Crippen LogP contribution in [0, 0.1) is 0 Å². The van der Waals surface area contributed by atoms with Gasteiger partial charge in [-0.1, -0.05) is 18.2 Å². The number of para-hydroxylation sites is 1. The molecular formula is C23H34N6O4. The summed E-state index contributed by atoms with van der Waals surface area (Å²) < 4.78 is 0. The summed E-state index contributed by atoms with van der Waals surface area (Å²) in [4.78, 5) is 42.7. The van der Waals surface area contributed by atoms with Crippen molar-refractivity contribution in [2.24, 2.45) is 5.73 Å². The zero-order valence-corrected chi connectivity index (χ0v) is 18.8. The van der Waals surface area contributed by atoms with Crippen molar-refractivity contribution in [1.82, 2.24) is 25.8 Å². The number of aliphatic carboxylic acids is 1. The van der Waals surface area contributed by atoms with Crippen LogP contribution in [0.15, 0.2) is 30.5 Å². The topological polar surface area (TPSA) is 153 Å². The normalized spacial score (nSPS) is 16.3. The van der Waals surface area contributed by atoms with Crippen molar-refractivity contribution < 1.29 is 19.5 Å². The quantitative estimate of drug-likeness (QED) is 0.241. The van der Waals surface area contributed by atoms with Crippen LogP contribution in [0.4, 0.5) is 0 Å². The van der Waals surface area contributed by atoms with Gasteiger partial charge in [-0.25, -0.2) is 4.79 Å². The van der Waals surface area contributed by atoms with E-state index in [1.165, 1.54) is 0 Å². The maximum Gasteiger partial charge on any atom is 0.326 e. The lowest BCUT2D eigenvalue weighted by atomic mass is 10.0. The van der Waals surface area contributed by atoms with Gasteiger partial charge in [0, 0.05) is 49.7 Å². The van der Waals surface area contributed by atoms with Gasteiger partial charge in [-0.05, 0) is 37.4 Å². The molecule has 10 heteroatoms. The lowest BCUT2D eigenvalue weighted by Crippen LogP contribution is -2.54. The van der Waals surface area contributed by atoms with Crippen LogP contribution in [-0.4, -0.2) is 84.1 Å². The number of carbonyl (C=O) groups is 3. The number of aromatic nitrogens is 1. The molecule has 2 amide bonds. The Morgan fingerprint density at radius 1 is 1.09 bits per heavy atom. The summed E-state index contributed by atoms with van der Waals surface area (Å²) >= 11 is 0. The first-order valence-electron chi connectivity index (χ1n) is 11.5. The Balaban J connectivity index is 1.64. The van der Waals surface area contributed by atoms with Crippen LogP contribution in [0.2, 0.25) is 0 Å². The molecule has 2 aromatic rings. The fourth-order valence-electron chi connectivity index (χ4n) is 4.07. The van der Waals surface area contributed by atoms with Gasteiger partial charge in [0.25, 0.3) is 0 Å². The summed E-state index contributed by atoms with van der Waals surface area (Å²) in [7, 11) is 0. The predicted molar refractivity (Wildman–Crippen MR) is 126 cm³/mol. The number of nitrogens with two attached hydrogens (primary N) is 1. The Morgan fingerprint density at radius 2 is 1.85 bits per heavy atom. The van der Waals surface area contributed by atoms with Gasteiger partial charge in [-0.3, -0.25) is 14.5 Å². The third-order valence-electron chi connectivity index (χ3n) is 5.89. The maximum absolute atomic E-state index is 13.0. The fourth-order valence-corrected chi connectivity index (χ4v) is 4.07. The number of rotatable bonds is 12. The van der Waals surface area contributed by atoms with Gasteiger partial charge in [0.1, 0.15) is 12.1 Å². The SMILES string of the molecule is NCCCC[C@H](NC(=O)CN1CCNCC1)C(=O)N[C@@H](Cc1c[nH]c2ccccc12)C(=O)O. The summed E-state index contributed by atoms with van der Waals surface area (Å²) in [6.45, 7) is 3.87. The maximum atomic E-state index is 13.0. The Bertz CT molecular complexity index is 940. The van der Waals surface area contributed by atoms with Crippen molar-refractivity contribution in [2.75, 3.05) is 39.3 Å². The minimum atomic E-state index is -1.12. The van der Waals surface area contributed by atoms with Gasteiger partial charge in [-0.2, -0.15) is 0 Å². The summed E-state index contributed by atoms with van der Waals surface area (Å²) in [5.74, 6) is -1.86. The van der Waals surface area contributed by atoms with Crippen LogP contribution in [-0.2, 0) is 20.8 Å². The number of hydrogen-bond acceptors (Lipinski definition) is 6. The number of hydrogen-bond donors (Lipinski definition) is 6. The van der Waals surface area contributed by atoms with Crippen molar-refractivity contribution in [2.45, 2.75) is 37.8 Å². The van der Waals surface area contributed by atoms with Gasteiger partial charge >= 0.3 is 5.97 Å². The average Bonchev–Trinajstić information content (AvgIpc) is 3.21. The van der Waals surface area contributed by atoms with Crippen molar-refractivity contribution in [3.05, 3.63) is 36.0 Å². The van der Waals surface area contributed by atoms with Crippen LogP contribution in [0.5, 0.6) is 0 Å². The third kappa shape index (κ3) is 7.28. The Labute approximate surface area is 193 Å². The van der Waals surface area contributed by atoms with E-state index in [4.69, 9.17) is 5.73 Å². The number of piperazine rings is 1. The Hall–Kier alpha value is -2.95. The lowest BCUT2D eigenvalue weighted by molar-refractivity contribution is -0.142. The number of unbranched alkanes of at least 4 members (excludes halogenated alkanes) is 1. The standard InChI is InChI=1S/C23H34N6O4/c24-8-4-3-7-19(27-21(30)15-29-11-9-25-10-12-29)22(31)28-20(23(32)33)13-16-14-26-18-6-2-1-5-17(16)18/h1-2,5-6,14,19-20,25-26H,3-4,7-13,15,24H2,(H,27,30)(H,28,31)(H,32,33)/t19-,20-/m0/s1. The van der Waals surface area contributed by atoms with Crippen molar-refractivity contribution in [1.29, 1.82) is 0 Å². The summed E-state index contributed by atoms with van der Waals surface area (Å²) in [5.41, 5.74) is 7.29. The average molecular weight is 459 g/mol. The number of nitrogens with one attached hydrogen (secondary N) is 4. The van der Waals surface area contributed by atoms with Crippen LogP contribution in [0.3, 0.4) is 0 Å². The zero-order valence-electron chi connectivity index (χ0n) is 18.8. The molecular weight excluding hydrogens is 424 g/mol. The van der Waals surface area contributed by atoms with Gasteiger partial charge in [0.05, 0.1) is 6.54 Å². The van der Waals surface area contributed by atoms with E-state index < -0.39 is 24.0 Å². The second kappa shape index (κ2) is 12.3. The number of carboxylic acids is 1. The number of carbonyl (C=O) groups excluding carboxylic acids is 2. The number of aromatic amines is 1. The van der Waals surface area contributed by atoms with E-state index in [0.717, 1.165) is 49.1 Å². The van der Waals surface area contributed by atoms with Crippen molar-refractivity contribution in [3.63, 3.8) is 0 Å². The smallest absolute Gasteiger partial charge is 0.326 e. The molecule has 7 N–H and O–H groups in total. The minimum Gasteiger partial charge on any atom is -0.480 e. The summed E-state index contributed by atoms with van der Waals surface area (Å²) in [5, 5.41) is 19.3. The predicted octanol–water partition coefficient (Wildman–Crippen LogP) is -0.201. The van der Waals surface area contributed by atoms with Gasteiger partial charge in [0.2, 0.25) is 11.8 Å². The van der Waals surface area contributed by atoms with Gasteiger partial charge in [0.15, 0.2) is 0 Å². The molecule has 180 valence electrons. The number of carboxylic acid groups (broad SMARTS) is 1. The largest absolute Gasteiger partial charge is 0.480 e. The minimum absolute atomic E-state index is 0.134. The van der Waals surface area contributed by atoms with Crippen LogP contribution in [0.25, 0.3) is 10.9 Å². The molecule has 1 fully saturated rings. The molecule has 3 rings (SSSR count). The number of benzene rings is 1. The number of H-pyrrole nitrogens is 1. The lowest BCUT2D eigenvalue weighted by Gasteiger charge is -2.27. The molecule has 1 aromatic heterocycles. The molecule has 0 aliphatic carbocycles. The third-order valence-corrected chi connectivity index (χ3v) is 5.89. The number of amides is 2. The molecule has 0 unspecified atom stereocenters. The molecule has 1 aliphatic rings. The molecule has 33 heavy (non-hydrogen) atoms. The van der Waals surface area contributed by atoms with Crippen LogP contribution >= 0.6 is 0 Å². The molecule has 10 nitrogen and oxygen atoms in total. The van der Waals surface area contributed by atoms with Crippen molar-refractivity contribution >= 4 is 28.7 Å². The summed E-state index contributed by atoms with van der Waals surface area (Å²) in [6.07, 6.45) is 3.67. The summed E-state index contributed by atoms with van der Waals surface area (Å²) in [6, 6.07) is 5.68. The van der Waals surface area contributed by atoms with E-state index in [-0.39, 0.29) is 18.9 Å². The molecule has 0 bridgehead atoms. The zero-order chi connectivity index (χ0) is 23.6. The second-order valence-electron chi connectivity index (χ2n) is 8.39. The monoisotopic (exact) mass is 458 g/mol. The molecule has 2 heterocycles. The molecule has 2 atom stereocenters. The van der Waals surface area contributed by atoms with E-state index in [1.54, 1.807) is 6.20 Å². The Morgan fingerprint density at radius 3 is 2.58 bits per heavy atom.